The molecule has 4 N–H and O–H groups in total. The molecule has 2 fully saturated rings. The molecule has 0 saturated carbocycles. The van der Waals surface area contributed by atoms with Crippen LogP contribution in [0.25, 0.3) is 0 Å². The zero-order chi connectivity index (χ0) is 38.3. The summed E-state index contributed by atoms with van der Waals surface area (Å²) in [5.41, 5.74) is 0.412. The van der Waals surface area contributed by atoms with Crippen molar-refractivity contribution in [3.8, 4) is 0 Å². The normalized spacial score (nSPS) is 29.3. The van der Waals surface area contributed by atoms with Gasteiger partial charge in [-0.25, -0.2) is 14.4 Å². The number of carbonyl (C=O) groups is 5. The van der Waals surface area contributed by atoms with Crippen molar-refractivity contribution in [1.29, 1.82) is 0 Å². The van der Waals surface area contributed by atoms with Gasteiger partial charge in [0.25, 0.3) is 11.5 Å². The number of ether oxygens (including phenoxy) is 6. The summed E-state index contributed by atoms with van der Waals surface area (Å²) in [4.78, 5) is 65.5. The molecule has 2 aliphatic rings. The fraction of sp³-hybridized carbons (Fsp3) is 0.595. The predicted octanol–water partition coefficient (Wildman–Crippen LogP) is 2.46. The Balaban J connectivity index is 2.08. The van der Waals surface area contributed by atoms with Crippen molar-refractivity contribution in [1.82, 2.24) is 0 Å². The minimum atomic E-state index is -3.42. The van der Waals surface area contributed by atoms with Crippen LogP contribution in [0.2, 0.25) is 0 Å². The molecule has 2 saturated heterocycles. The largest absolute Gasteiger partial charge is 0.467 e. The number of rotatable bonds is 17. The number of aliphatic hydroxyl groups excluding tert-OH is 1. The number of benzene rings is 1. The lowest BCUT2D eigenvalue weighted by Gasteiger charge is -2.49. The third-order valence-corrected chi connectivity index (χ3v) is 9.66. The Hall–Kier alpha value is -4.11. The Bertz CT molecular complexity index is 1480. The number of aliphatic hydroxyl groups is 2. The number of fused-ring (bicyclic) bond motifs is 2. The molecule has 0 spiro atoms. The van der Waals surface area contributed by atoms with E-state index in [1.807, 2.05) is 51.1 Å². The number of amides is 1. The fourth-order valence-corrected chi connectivity index (χ4v) is 6.90. The van der Waals surface area contributed by atoms with Crippen molar-refractivity contribution < 1.29 is 62.6 Å². The lowest BCUT2D eigenvalue weighted by molar-refractivity contribution is -0.372. The first-order valence-electron chi connectivity index (χ1n) is 17.0. The predicted molar refractivity (Wildman–Crippen MR) is 181 cm³/mol. The second kappa shape index (κ2) is 16.9. The molecule has 3 rings (SSSR count). The monoisotopic (exact) mass is 717 g/mol. The number of hydrogen-bond donors (Lipinski definition) is 3. The number of allylic oxidation sites excluding steroid dienone is 1. The van der Waals surface area contributed by atoms with E-state index in [1.54, 1.807) is 6.08 Å². The topological polar surface area (TPSA) is 207 Å². The maximum Gasteiger partial charge on any atom is 0.346 e. The second-order valence-electron chi connectivity index (χ2n) is 13.5. The first-order valence-corrected chi connectivity index (χ1v) is 17.0. The number of esters is 4. The van der Waals surface area contributed by atoms with Gasteiger partial charge in [0, 0.05) is 25.3 Å². The molecule has 0 aromatic heterocycles. The molecule has 0 aliphatic carbocycles. The van der Waals surface area contributed by atoms with Crippen LogP contribution in [0.3, 0.4) is 0 Å². The van der Waals surface area contributed by atoms with Gasteiger partial charge in [0.05, 0.1) is 14.2 Å². The Morgan fingerprint density at radius 1 is 1.06 bits per heavy atom. The molecule has 14 heteroatoms. The number of hydrogen-bond acceptors (Lipinski definition) is 13. The summed E-state index contributed by atoms with van der Waals surface area (Å²) in [5.74, 6) is -8.61. The summed E-state index contributed by atoms with van der Waals surface area (Å²) >= 11 is 0. The number of primary amides is 1. The minimum Gasteiger partial charge on any atom is -0.467 e. The molecule has 2 bridgehead atoms. The van der Waals surface area contributed by atoms with Gasteiger partial charge in [0.15, 0.2) is 12.2 Å². The Morgan fingerprint density at radius 2 is 1.69 bits per heavy atom. The third-order valence-electron chi connectivity index (χ3n) is 9.66. The lowest BCUT2D eigenvalue weighted by atomic mass is 9.74. The van der Waals surface area contributed by atoms with E-state index in [0.29, 0.717) is 17.9 Å². The van der Waals surface area contributed by atoms with Gasteiger partial charge in [0.2, 0.25) is 11.4 Å². The SMILES string of the molecule is C=C(CC[C@]12O[C@H](C(N)=O)[C@@](O)(C(=O)OC)[C@](C(=O)OC)(O1)[C@H](OC(=O)/C=C/[C@@H](C)C[C@@H](C)CC)[C@H]2O)[C@@H](OC(C)=O)[C@H](C)Cc1ccccc1. The third kappa shape index (κ3) is 8.35. The van der Waals surface area contributed by atoms with Crippen LogP contribution in [-0.2, 0) is 58.8 Å². The zero-order valence-corrected chi connectivity index (χ0v) is 30.3. The van der Waals surface area contributed by atoms with Crippen LogP contribution in [0.1, 0.15) is 65.9 Å². The number of methoxy groups -OCH3 is 2. The van der Waals surface area contributed by atoms with E-state index in [2.05, 4.69) is 13.5 Å². The van der Waals surface area contributed by atoms with Gasteiger partial charge in [-0.05, 0) is 42.2 Å². The van der Waals surface area contributed by atoms with Crippen LogP contribution in [0, 0.1) is 17.8 Å². The van der Waals surface area contributed by atoms with E-state index in [0.717, 1.165) is 38.7 Å². The van der Waals surface area contributed by atoms with E-state index in [-0.39, 0.29) is 18.3 Å². The molecule has 1 aromatic rings. The first-order chi connectivity index (χ1) is 23.9. The number of carbonyl (C=O) groups excluding carboxylic acids is 5. The summed E-state index contributed by atoms with van der Waals surface area (Å²) < 4.78 is 32.9. The average Bonchev–Trinajstić information content (AvgIpc) is 3.31. The summed E-state index contributed by atoms with van der Waals surface area (Å²) in [6, 6.07) is 9.46. The van der Waals surface area contributed by atoms with Crippen molar-refractivity contribution in [2.24, 2.45) is 23.5 Å². The maximum atomic E-state index is 13.8. The van der Waals surface area contributed by atoms with Gasteiger partial charge >= 0.3 is 23.9 Å². The molecule has 282 valence electrons. The van der Waals surface area contributed by atoms with E-state index in [1.165, 1.54) is 6.92 Å². The summed E-state index contributed by atoms with van der Waals surface area (Å²) in [7, 11) is 1.75. The van der Waals surface area contributed by atoms with Crippen molar-refractivity contribution in [3.05, 3.63) is 60.2 Å². The highest BCUT2D eigenvalue weighted by atomic mass is 16.8. The second-order valence-corrected chi connectivity index (χ2v) is 13.5. The molecule has 51 heavy (non-hydrogen) atoms. The fourth-order valence-electron chi connectivity index (χ4n) is 6.90. The minimum absolute atomic E-state index is 0.0626. The van der Waals surface area contributed by atoms with Crippen molar-refractivity contribution in [2.75, 3.05) is 14.2 Å². The highest BCUT2D eigenvalue weighted by Crippen LogP contribution is 2.56. The maximum absolute atomic E-state index is 13.8. The van der Waals surface area contributed by atoms with Crippen molar-refractivity contribution in [3.63, 3.8) is 0 Å². The molecular weight excluding hydrogens is 666 g/mol. The average molecular weight is 718 g/mol. The van der Waals surface area contributed by atoms with Crippen molar-refractivity contribution >= 4 is 29.8 Å². The van der Waals surface area contributed by atoms with E-state index in [9.17, 15) is 34.2 Å². The summed E-state index contributed by atoms with van der Waals surface area (Å²) in [6.07, 6.45) is -3.26. The Kier molecular flexibility index (Phi) is 13.7. The van der Waals surface area contributed by atoms with E-state index < -0.39 is 77.6 Å². The van der Waals surface area contributed by atoms with Crippen LogP contribution in [0.15, 0.2) is 54.6 Å². The molecule has 2 aliphatic heterocycles. The summed E-state index contributed by atoms with van der Waals surface area (Å²) in [6.45, 7) is 13.2. The highest BCUT2D eigenvalue weighted by molar-refractivity contribution is 6.00. The quantitative estimate of drug-likeness (QED) is 0.0917. The van der Waals surface area contributed by atoms with E-state index >= 15 is 0 Å². The van der Waals surface area contributed by atoms with Crippen LogP contribution in [0.5, 0.6) is 0 Å². The van der Waals surface area contributed by atoms with Crippen LogP contribution >= 0.6 is 0 Å². The number of nitrogens with two attached hydrogens (primary N) is 1. The van der Waals surface area contributed by atoms with Gasteiger partial charge < -0.3 is 44.4 Å². The zero-order valence-electron chi connectivity index (χ0n) is 30.3. The molecule has 10 atom stereocenters. The van der Waals surface area contributed by atoms with Gasteiger partial charge in [0.1, 0.15) is 12.2 Å². The molecule has 0 unspecified atom stereocenters. The smallest absolute Gasteiger partial charge is 0.346 e. The Morgan fingerprint density at radius 3 is 2.24 bits per heavy atom. The molecular formula is C37H51NO13. The lowest BCUT2D eigenvalue weighted by Crippen LogP contribution is -2.79. The Labute approximate surface area is 298 Å². The highest BCUT2D eigenvalue weighted by Gasteiger charge is 2.86. The van der Waals surface area contributed by atoms with Crippen LogP contribution < -0.4 is 5.73 Å². The molecule has 14 nitrogen and oxygen atoms in total. The summed E-state index contributed by atoms with van der Waals surface area (Å²) in [5, 5.41) is 23.9. The standard InChI is InChI=1S/C37H51NO13/c1-9-21(2)19-22(3)15-16-27(40)49-30-29(41)35(18-17-23(4)28(48-25(6)39)24(5)20-26-13-11-10-12-14-26)50-31(32(38)42)36(45,33(43)46-7)37(30,51-35)34(44)47-8/h10-16,21-22,24,28-31,41,45H,4,9,17-20H2,1-3,5-8H3,(H2,38,42)/b16-15+/t21-,22+,24+,28+,29+,30+,31+,35-,36+,37-/m0/s1. The van der Waals surface area contributed by atoms with Crippen molar-refractivity contribution in [2.45, 2.75) is 108 Å². The van der Waals surface area contributed by atoms with Gasteiger partial charge in [-0.15, -0.1) is 0 Å². The molecule has 2 heterocycles. The first kappa shape index (κ1) is 41.3. The molecule has 0 radical (unpaired) electrons. The molecule has 1 aromatic carbocycles. The van der Waals surface area contributed by atoms with Gasteiger partial charge in [-0.2, -0.15) is 0 Å². The molecule has 1 amide bonds. The van der Waals surface area contributed by atoms with Crippen LogP contribution in [-0.4, -0.2) is 95.6 Å². The van der Waals surface area contributed by atoms with Gasteiger partial charge in [-0.3, -0.25) is 9.59 Å². The van der Waals surface area contributed by atoms with Crippen LogP contribution in [0.4, 0.5) is 0 Å². The van der Waals surface area contributed by atoms with E-state index in [4.69, 9.17) is 34.2 Å². The van der Waals surface area contributed by atoms with Gasteiger partial charge in [-0.1, -0.05) is 77.1 Å².